The molecule has 55 heavy (non-hydrogen) atoms. The van der Waals surface area contributed by atoms with Crippen LogP contribution in [0.5, 0.6) is 0 Å². The van der Waals surface area contributed by atoms with Crippen LogP contribution in [0.25, 0.3) is 98.7 Å². The molecule has 0 unspecified atom stereocenters. The van der Waals surface area contributed by atoms with Crippen LogP contribution in [0.3, 0.4) is 0 Å². The number of fused-ring (bicyclic) bond motifs is 9. The second-order valence-corrected chi connectivity index (χ2v) is 15.6. The molecule has 10 aromatic carbocycles. The molecule has 10 aromatic rings. The van der Waals surface area contributed by atoms with E-state index in [4.69, 9.17) is 0 Å². The van der Waals surface area contributed by atoms with E-state index in [0.29, 0.717) is 0 Å². The highest BCUT2D eigenvalue weighted by molar-refractivity contribution is 6.28. The maximum Gasteiger partial charge on any atom is 0.0165 e. The fourth-order valence-corrected chi connectivity index (χ4v) is 9.68. The van der Waals surface area contributed by atoms with Gasteiger partial charge in [-0.3, -0.25) is 0 Å². The molecular weight excluding hydrogens is 661 g/mol. The van der Waals surface area contributed by atoms with Crippen molar-refractivity contribution in [2.45, 2.75) is 19.3 Å². The van der Waals surface area contributed by atoms with Gasteiger partial charge in [-0.05, 0) is 128 Å². The summed E-state index contributed by atoms with van der Waals surface area (Å²) in [4.78, 5) is 0. The predicted molar refractivity (Wildman–Crippen MR) is 236 cm³/mol. The number of benzene rings is 10. The van der Waals surface area contributed by atoms with Crippen molar-refractivity contribution in [3.05, 3.63) is 205 Å². The molecule has 1 aliphatic rings. The van der Waals surface area contributed by atoms with Crippen molar-refractivity contribution >= 4 is 43.1 Å². The van der Waals surface area contributed by atoms with Gasteiger partial charge in [-0.2, -0.15) is 0 Å². The van der Waals surface area contributed by atoms with E-state index in [9.17, 15) is 0 Å². The van der Waals surface area contributed by atoms with E-state index >= 15 is 0 Å². The minimum absolute atomic E-state index is 0.0968. The average Bonchev–Trinajstić information content (AvgIpc) is 3.48. The Morgan fingerprint density at radius 2 is 0.818 bits per heavy atom. The fourth-order valence-electron chi connectivity index (χ4n) is 9.68. The van der Waals surface area contributed by atoms with Crippen molar-refractivity contribution in [3.8, 4) is 55.6 Å². The van der Waals surface area contributed by atoms with Gasteiger partial charge in [0, 0.05) is 5.41 Å². The monoisotopic (exact) mass is 698 g/mol. The zero-order valence-corrected chi connectivity index (χ0v) is 31.0. The third kappa shape index (κ3) is 4.85. The summed E-state index contributed by atoms with van der Waals surface area (Å²) in [7, 11) is 0. The van der Waals surface area contributed by atoms with Crippen LogP contribution in [-0.2, 0) is 5.41 Å². The molecule has 0 nitrogen and oxygen atoms in total. The van der Waals surface area contributed by atoms with Crippen molar-refractivity contribution in [1.29, 1.82) is 0 Å². The quantitative estimate of drug-likeness (QED) is 0.127. The lowest BCUT2D eigenvalue weighted by Gasteiger charge is -2.23. The van der Waals surface area contributed by atoms with Gasteiger partial charge in [0.15, 0.2) is 0 Å². The van der Waals surface area contributed by atoms with E-state index in [1.54, 1.807) is 0 Å². The summed E-state index contributed by atoms with van der Waals surface area (Å²) >= 11 is 0. The maximum absolute atomic E-state index is 2.44. The highest BCUT2D eigenvalue weighted by atomic mass is 14.4. The zero-order valence-electron chi connectivity index (χ0n) is 31.0. The van der Waals surface area contributed by atoms with Crippen LogP contribution in [0.2, 0.25) is 0 Å². The Hall–Kier alpha value is -6.76. The minimum atomic E-state index is -0.0968. The first-order chi connectivity index (χ1) is 27.0. The molecule has 0 bridgehead atoms. The molecule has 0 N–H and O–H groups in total. The lowest BCUT2D eigenvalue weighted by atomic mass is 9.79. The van der Waals surface area contributed by atoms with Gasteiger partial charge < -0.3 is 0 Å². The lowest BCUT2D eigenvalue weighted by molar-refractivity contribution is 0.666. The van der Waals surface area contributed by atoms with Crippen LogP contribution >= 0.6 is 0 Å². The summed E-state index contributed by atoms with van der Waals surface area (Å²) in [6.07, 6.45) is 0. The predicted octanol–water partition coefficient (Wildman–Crippen LogP) is 15.3. The molecule has 0 amide bonds. The summed E-state index contributed by atoms with van der Waals surface area (Å²) in [6, 6.07) is 72.1. The van der Waals surface area contributed by atoms with E-state index in [1.165, 1.54) is 110 Å². The van der Waals surface area contributed by atoms with Crippen LogP contribution in [0, 0.1) is 0 Å². The second-order valence-electron chi connectivity index (χ2n) is 15.6. The Labute approximate surface area is 322 Å². The van der Waals surface area contributed by atoms with Crippen LogP contribution < -0.4 is 0 Å². The third-order valence-corrected chi connectivity index (χ3v) is 12.2. The molecule has 258 valence electrons. The minimum Gasteiger partial charge on any atom is -0.0622 e. The maximum atomic E-state index is 2.44. The number of rotatable bonds is 4. The van der Waals surface area contributed by atoms with Gasteiger partial charge in [0.1, 0.15) is 0 Å². The Morgan fingerprint density at radius 3 is 1.55 bits per heavy atom. The summed E-state index contributed by atoms with van der Waals surface area (Å²) in [5.74, 6) is 0. The van der Waals surface area contributed by atoms with Gasteiger partial charge in [0.05, 0.1) is 0 Å². The number of hydrogen-bond acceptors (Lipinski definition) is 0. The molecule has 0 atom stereocenters. The van der Waals surface area contributed by atoms with Crippen LogP contribution in [0.1, 0.15) is 25.0 Å². The summed E-state index contributed by atoms with van der Waals surface area (Å²) in [5.41, 5.74) is 15.4. The molecule has 0 heterocycles. The molecule has 0 saturated carbocycles. The van der Waals surface area contributed by atoms with E-state index in [2.05, 4.69) is 208 Å². The molecule has 0 spiro atoms. The van der Waals surface area contributed by atoms with E-state index < -0.39 is 0 Å². The number of hydrogen-bond donors (Lipinski definition) is 0. The SMILES string of the molecule is CC1(C)c2cc(-c3cccc(-c4cccc(-c5c6ccccc6c(-c6ccccc6)c6c5ccc5ccccc56)c4)c3)ccc2-c2ccc3ccccc3c21. The first-order valence-corrected chi connectivity index (χ1v) is 19.3. The molecule has 0 aliphatic heterocycles. The standard InChI is InChI=1S/C55H38/c1-55(2)50-34-41(28-29-45(50)48-30-26-36-15-7-9-23-44(36)54(48)55)39-19-12-18-38(32-39)40-20-13-21-42(33-40)51-46-24-10-11-25-47(46)52(37-16-4-3-5-17-37)53-43-22-8-6-14-35(43)27-31-49(51)53/h3-34H,1-2H3. The molecule has 0 fully saturated rings. The lowest BCUT2D eigenvalue weighted by Crippen LogP contribution is -2.15. The molecule has 0 radical (unpaired) electrons. The van der Waals surface area contributed by atoms with Gasteiger partial charge in [-0.1, -0.05) is 190 Å². The molecule has 11 rings (SSSR count). The Bertz CT molecular complexity index is 3160. The summed E-state index contributed by atoms with van der Waals surface area (Å²) in [5, 5.41) is 10.3. The van der Waals surface area contributed by atoms with Gasteiger partial charge in [-0.15, -0.1) is 0 Å². The van der Waals surface area contributed by atoms with Crippen LogP contribution in [0.4, 0.5) is 0 Å². The Kier molecular flexibility index (Phi) is 7.00. The normalized spacial score (nSPS) is 13.1. The van der Waals surface area contributed by atoms with Crippen molar-refractivity contribution in [2.75, 3.05) is 0 Å². The van der Waals surface area contributed by atoms with Gasteiger partial charge in [0.2, 0.25) is 0 Å². The fraction of sp³-hybridized carbons (Fsp3) is 0.0545. The van der Waals surface area contributed by atoms with Crippen LogP contribution in [-0.4, -0.2) is 0 Å². The smallest absolute Gasteiger partial charge is 0.0165 e. The van der Waals surface area contributed by atoms with Gasteiger partial charge in [0.25, 0.3) is 0 Å². The van der Waals surface area contributed by atoms with Gasteiger partial charge >= 0.3 is 0 Å². The van der Waals surface area contributed by atoms with E-state index in [-0.39, 0.29) is 5.41 Å². The van der Waals surface area contributed by atoms with Crippen molar-refractivity contribution in [2.24, 2.45) is 0 Å². The molecular formula is C55H38. The highest BCUT2D eigenvalue weighted by Gasteiger charge is 2.37. The largest absolute Gasteiger partial charge is 0.0622 e. The third-order valence-electron chi connectivity index (χ3n) is 12.2. The topological polar surface area (TPSA) is 0 Å². The summed E-state index contributed by atoms with van der Waals surface area (Å²) in [6.45, 7) is 4.77. The second kappa shape index (κ2) is 12.1. The van der Waals surface area contributed by atoms with Crippen molar-refractivity contribution in [1.82, 2.24) is 0 Å². The van der Waals surface area contributed by atoms with Crippen LogP contribution in [0.15, 0.2) is 194 Å². The Morgan fingerprint density at radius 1 is 0.309 bits per heavy atom. The Balaban J connectivity index is 1.06. The molecule has 0 heteroatoms. The van der Waals surface area contributed by atoms with Crippen molar-refractivity contribution in [3.63, 3.8) is 0 Å². The van der Waals surface area contributed by atoms with E-state index in [1.807, 2.05) is 0 Å². The molecule has 1 aliphatic carbocycles. The van der Waals surface area contributed by atoms with Crippen molar-refractivity contribution < 1.29 is 0 Å². The summed E-state index contributed by atoms with van der Waals surface area (Å²) < 4.78 is 0. The van der Waals surface area contributed by atoms with Gasteiger partial charge in [-0.25, -0.2) is 0 Å². The zero-order chi connectivity index (χ0) is 36.7. The first-order valence-electron chi connectivity index (χ1n) is 19.3. The molecule has 0 aromatic heterocycles. The molecule has 0 saturated heterocycles. The first kappa shape index (κ1) is 31.7. The highest BCUT2D eigenvalue weighted by Crippen LogP contribution is 2.52. The van der Waals surface area contributed by atoms with E-state index in [0.717, 1.165) is 0 Å². The average molecular weight is 699 g/mol.